The molecule has 0 spiro atoms. The highest BCUT2D eigenvalue weighted by Crippen LogP contribution is 2.28. The summed E-state index contributed by atoms with van der Waals surface area (Å²) in [5, 5.41) is 5.17. The molecule has 1 aromatic heterocycles. The first-order valence-electron chi connectivity index (χ1n) is 6.80. The van der Waals surface area contributed by atoms with E-state index >= 15 is 0 Å². The van der Waals surface area contributed by atoms with Gasteiger partial charge in [0.15, 0.2) is 0 Å². The van der Waals surface area contributed by atoms with Crippen molar-refractivity contribution in [2.75, 3.05) is 5.73 Å². The van der Waals surface area contributed by atoms with Gasteiger partial charge < -0.3 is 10.5 Å². The largest absolute Gasteiger partial charge is 0.485 e. The van der Waals surface area contributed by atoms with Crippen molar-refractivity contribution in [2.45, 2.75) is 40.3 Å². The maximum atomic E-state index is 6.36. The van der Waals surface area contributed by atoms with E-state index in [1.165, 1.54) is 0 Å². The van der Waals surface area contributed by atoms with E-state index in [0.717, 1.165) is 29.9 Å². The number of nitrogens with zero attached hydrogens (tertiary/aromatic N) is 2. The van der Waals surface area contributed by atoms with E-state index in [4.69, 9.17) is 22.1 Å². The van der Waals surface area contributed by atoms with Crippen LogP contribution in [0.15, 0.2) is 18.2 Å². The number of nitrogens with two attached hydrogens (primary N) is 1. The summed E-state index contributed by atoms with van der Waals surface area (Å²) in [5.41, 5.74) is 9.40. The second-order valence-electron chi connectivity index (χ2n) is 4.66. The standard InChI is InChI=1S/C15H20ClN3O/c1-4-12-14(16)13(19(5-2)18-12)9-20-15-10(3)7-6-8-11(15)17/h6-8H,4-5,9,17H2,1-3H3. The first kappa shape index (κ1) is 14.7. The molecule has 0 aliphatic carbocycles. The maximum absolute atomic E-state index is 6.36. The molecule has 0 radical (unpaired) electrons. The van der Waals surface area contributed by atoms with E-state index in [1.807, 2.05) is 43.7 Å². The molecule has 0 fully saturated rings. The fourth-order valence-corrected chi connectivity index (χ4v) is 2.49. The summed E-state index contributed by atoms with van der Waals surface area (Å²) in [6.07, 6.45) is 0.811. The van der Waals surface area contributed by atoms with Crippen molar-refractivity contribution in [1.82, 2.24) is 9.78 Å². The quantitative estimate of drug-likeness (QED) is 0.857. The van der Waals surface area contributed by atoms with Gasteiger partial charge in [0.25, 0.3) is 0 Å². The van der Waals surface area contributed by atoms with Gasteiger partial charge in [0.05, 0.1) is 22.1 Å². The zero-order valence-electron chi connectivity index (χ0n) is 12.1. The fraction of sp³-hybridized carbons (Fsp3) is 0.400. The Kier molecular flexibility index (Phi) is 4.55. The number of aryl methyl sites for hydroxylation is 3. The molecule has 20 heavy (non-hydrogen) atoms. The molecule has 0 atom stereocenters. The number of benzene rings is 1. The minimum Gasteiger partial charge on any atom is -0.485 e. The molecule has 0 aliphatic heterocycles. The SMILES string of the molecule is CCc1nn(CC)c(COc2c(C)cccc2N)c1Cl. The lowest BCUT2D eigenvalue weighted by Crippen LogP contribution is -2.08. The smallest absolute Gasteiger partial charge is 0.145 e. The molecule has 0 saturated heterocycles. The molecular weight excluding hydrogens is 274 g/mol. The van der Waals surface area contributed by atoms with Gasteiger partial charge in [0.2, 0.25) is 0 Å². The van der Waals surface area contributed by atoms with Crippen LogP contribution < -0.4 is 10.5 Å². The molecule has 0 saturated carbocycles. The van der Waals surface area contributed by atoms with Gasteiger partial charge in [-0.2, -0.15) is 5.10 Å². The van der Waals surface area contributed by atoms with Crippen molar-refractivity contribution in [2.24, 2.45) is 0 Å². The zero-order chi connectivity index (χ0) is 14.7. The summed E-state index contributed by atoms with van der Waals surface area (Å²) in [6.45, 7) is 7.19. The number of aromatic nitrogens is 2. The van der Waals surface area contributed by atoms with Crippen molar-refractivity contribution in [3.8, 4) is 5.75 Å². The molecule has 0 bridgehead atoms. The van der Waals surface area contributed by atoms with Crippen LogP contribution in [0.2, 0.25) is 5.02 Å². The Morgan fingerprint density at radius 3 is 2.70 bits per heavy atom. The number of halogens is 1. The first-order chi connectivity index (χ1) is 9.58. The molecule has 1 heterocycles. The second-order valence-corrected chi connectivity index (χ2v) is 5.04. The summed E-state index contributed by atoms with van der Waals surface area (Å²) in [6, 6.07) is 5.72. The van der Waals surface area contributed by atoms with Gasteiger partial charge in [0, 0.05) is 6.54 Å². The number of ether oxygens (including phenoxy) is 1. The summed E-state index contributed by atoms with van der Waals surface area (Å²) in [5.74, 6) is 0.713. The molecule has 1 aromatic carbocycles. The lowest BCUT2D eigenvalue weighted by atomic mass is 10.2. The topological polar surface area (TPSA) is 53.1 Å². The molecular formula is C15H20ClN3O. The number of hydrogen-bond acceptors (Lipinski definition) is 3. The highest BCUT2D eigenvalue weighted by atomic mass is 35.5. The third-order valence-corrected chi connectivity index (χ3v) is 3.73. The summed E-state index contributed by atoms with van der Waals surface area (Å²) < 4.78 is 7.75. The van der Waals surface area contributed by atoms with Gasteiger partial charge in [-0.15, -0.1) is 0 Å². The summed E-state index contributed by atoms with van der Waals surface area (Å²) >= 11 is 6.36. The maximum Gasteiger partial charge on any atom is 0.145 e. The Bertz CT molecular complexity index is 587. The van der Waals surface area contributed by atoms with Crippen LogP contribution in [0, 0.1) is 6.92 Å². The van der Waals surface area contributed by atoms with Crippen molar-refractivity contribution in [3.63, 3.8) is 0 Å². The van der Waals surface area contributed by atoms with Crippen LogP contribution in [0.5, 0.6) is 5.75 Å². The predicted molar refractivity (Wildman–Crippen MR) is 82.2 cm³/mol. The minimum absolute atomic E-state index is 0.370. The van der Waals surface area contributed by atoms with Gasteiger partial charge in [-0.3, -0.25) is 4.68 Å². The average Bonchev–Trinajstić information content (AvgIpc) is 2.74. The number of hydrogen-bond donors (Lipinski definition) is 1. The van der Waals surface area contributed by atoms with Crippen LogP contribution in [0.1, 0.15) is 30.8 Å². The number of rotatable bonds is 5. The van der Waals surface area contributed by atoms with Crippen LogP contribution in [-0.4, -0.2) is 9.78 Å². The third kappa shape index (κ3) is 2.75. The van der Waals surface area contributed by atoms with Crippen molar-refractivity contribution < 1.29 is 4.74 Å². The fourth-order valence-electron chi connectivity index (χ4n) is 2.17. The van der Waals surface area contributed by atoms with Gasteiger partial charge in [0.1, 0.15) is 12.4 Å². The molecule has 2 aromatic rings. The van der Waals surface area contributed by atoms with E-state index in [2.05, 4.69) is 5.10 Å². The normalized spacial score (nSPS) is 10.8. The van der Waals surface area contributed by atoms with E-state index < -0.39 is 0 Å². The highest BCUT2D eigenvalue weighted by molar-refractivity contribution is 6.31. The van der Waals surface area contributed by atoms with E-state index in [1.54, 1.807) is 0 Å². The zero-order valence-corrected chi connectivity index (χ0v) is 12.9. The van der Waals surface area contributed by atoms with Gasteiger partial charge in [-0.25, -0.2) is 0 Å². The molecule has 0 aliphatic rings. The lowest BCUT2D eigenvalue weighted by Gasteiger charge is -2.12. The van der Waals surface area contributed by atoms with Crippen LogP contribution in [0.25, 0.3) is 0 Å². The third-order valence-electron chi connectivity index (χ3n) is 3.29. The number of nitrogen functional groups attached to an aromatic ring is 1. The Morgan fingerprint density at radius 1 is 1.35 bits per heavy atom. The lowest BCUT2D eigenvalue weighted by molar-refractivity contribution is 0.292. The highest BCUT2D eigenvalue weighted by Gasteiger charge is 2.15. The number of para-hydroxylation sites is 1. The molecule has 2 rings (SSSR count). The van der Waals surface area contributed by atoms with Crippen LogP contribution in [-0.2, 0) is 19.6 Å². The second kappa shape index (κ2) is 6.18. The Hall–Kier alpha value is -1.68. The molecule has 0 unspecified atom stereocenters. The van der Waals surface area contributed by atoms with E-state index in [-0.39, 0.29) is 0 Å². The molecule has 108 valence electrons. The Labute approximate surface area is 124 Å². The van der Waals surface area contributed by atoms with Crippen molar-refractivity contribution in [1.29, 1.82) is 0 Å². The molecule has 2 N–H and O–H groups in total. The van der Waals surface area contributed by atoms with Crippen LogP contribution in [0.3, 0.4) is 0 Å². The van der Waals surface area contributed by atoms with Gasteiger partial charge in [-0.1, -0.05) is 30.7 Å². The Morgan fingerprint density at radius 2 is 2.10 bits per heavy atom. The van der Waals surface area contributed by atoms with E-state index in [9.17, 15) is 0 Å². The van der Waals surface area contributed by atoms with Crippen molar-refractivity contribution >= 4 is 17.3 Å². The van der Waals surface area contributed by atoms with E-state index in [0.29, 0.717) is 23.1 Å². The molecule has 4 nitrogen and oxygen atoms in total. The molecule has 0 amide bonds. The van der Waals surface area contributed by atoms with Crippen LogP contribution >= 0.6 is 11.6 Å². The minimum atomic E-state index is 0.370. The van der Waals surface area contributed by atoms with Crippen molar-refractivity contribution in [3.05, 3.63) is 40.2 Å². The first-order valence-corrected chi connectivity index (χ1v) is 7.18. The van der Waals surface area contributed by atoms with Gasteiger partial charge >= 0.3 is 0 Å². The predicted octanol–water partition coefficient (Wildman–Crippen LogP) is 3.59. The molecule has 5 heteroatoms. The monoisotopic (exact) mass is 293 g/mol. The Balaban J connectivity index is 2.25. The summed E-state index contributed by atoms with van der Waals surface area (Å²) in [7, 11) is 0. The number of anilines is 1. The summed E-state index contributed by atoms with van der Waals surface area (Å²) in [4.78, 5) is 0. The van der Waals surface area contributed by atoms with Gasteiger partial charge in [-0.05, 0) is 31.9 Å². The average molecular weight is 294 g/mol. The van der Waals surface area contributed by atoms with Crippen LogP contribution in [0.4, 0.5) is 5.69 Å².